The van der Waals surface area contributed by atoms with Crippen LogP contribution in [0.15, 0.2) is 12.2 Å². The molecule has 1 fully saturated rings. The normalized spacial score (nSPS) is 25.2. The summed E-state index contributed by atoms with van der Waals surface area (Å²) in [6.45, 7) is 19.5. The van der Waals surface area contributed by atoms with Gasteiger partial charge >= 0.3 is 0 Å². The molecule has 3 unspecified atom stereocenters. The highest BCUT2D eigenvalue weighted by Gasteiger charge is 2.24. The molecule has 0 aliphatic heterocycles. The topological polar surface area (TPSA) is 3.24 Å². The van der Waals surface area contributed by atoms with Gasteiger partial charge in [-0.15, -0.1) is 6.58 Å². The van der Waals surface area contributed by atoms with Crippen molar-refractivity contribution in [3.05, 3.63) is 12.2 Å². The van der Waals surface area contributed by atoms with E-state index in [9.17, 15) is 0 Å². The minimum atomic E-state index is 0.745. The lowest BCUT2D eigenvalue weighted by Gasteiger charge is -2.30. The van der Waals surface area contributed by atoms with Crippen LogP contribution in [0.4, 0.5) is 0 Å². The van der Waals surface area contributed by atoms with E-state index in [0.29, 0.717) is 0 Å². The first-order valence-corrected chi connectivity index (χ1v) is 8.23. The summed E-state index contributed by atoms with van der Waals surface area (Å²) >= 11 is 0. The first-order valence-electron chi connectivity index (χ1n) is 8.23. The number of rotatable bonds is 8. The summed E-state index contributed by atoms with van der Waals surface area (Å²) in [7, 11) is 0. The second-order valence-corrected chi connectivity index (χ2v) is 7.66. The van der Waals surface area contributed by atoms with Crippen LogP contribution in [-0.2, 0) is 0 Å². The van der Waals surface area contributed by atoms with Crippen LogP contribution in [0.3, 0.4) is 0 Å². The van der Waals surface area contributed by atoms with Gasteiger partial charge in [0.25, 0.3) is 0 Å². The summed E-state index contributed by atoms with van der Waals surface area (Å²) in [5.41, 5.74) is 1.33. The van der Waals surface area contributed by atoms with Crippen LogP contribution >= 0.6 is 0 Å². The Morgan fingerprint density at radius 2 is 1.89 bits per heavy atom. The minimum absolute atomic E-state index is 0.745. The molecule has 0 aromatic rings. The third-order valence-corrected chi connectivity index (χ3v) is 4.21. The Hall–Kier alpha value is -0.300. The molecule has 1 rings (SSSR count). The molecule has 3 atom stereocenters. The van der Waals surface area contributed by atoms with Crippen LogP contribution in [-0.4, -0.2) is 24.5 Å². The maximum absolute atomic E-state index is 4.06. The summed E-state index contributed by atoms with van der Waals surface area (Å²) < 4.78 is 0. The second kappa shape index (κ2) is 8.09. The van der Waals surface area contributed by atoms with Gasteiger partial charge in [-0.25, -0.2) is 0 Å². The maximum Gasteiger partial charge on any atom is 0.00103 e. The fourth-order valence-corrected chi connectivity index (χ4v) is 3.70. The van der Waals surface area contributed by atoms with Gasteiger partial charge in [0.05, 0.1) is 0 Å². The van der Waals surface area contributed by atoms with Crippen LogP contribution < -0.4 is 0 Å². The predicted octanol–water partition coefficient (Wildman–Crippen LogP) is 4.98. The van der Waals surface area contributed by atoms with E-state index in [1.54, 1.807) is 0 Å². The smallest absolute Gasteiger partial charge is 0.00103 e. The Balaban J connectivity index is 2.44. The van der Waals surface area contributed by atoms with Crippen molar-refractivity contribution >= 4 is 0 Å². The average Bonchev–Trinajstić information content (AvgIpc) is 2.61. The number of hydrogen-bond acceptors (Lipinski definition) is 1. The molecule has 1 saturated carbocycles. The Morgan fingerprint density at radius 1 is 1.21 bits per heavy atom. The van der Waals surface area contributed by atoms with Crippen molar-refractivity contribution in [2.45, 2.75) is 60.3 Å². The lowest BCUT2D eigenvalue weighted by Crippen LogP contribution is -2.35. The maximum atomic E-state index is 4.06. The SMILES string of the molecule is C=C(C)CC(C)CN(CC(C)C)CC1CCC(C)C1. The highest BCUT2D eigenvalue weighted by atomic mass is 15.1. The van der Waals surface area contributed by atoms with Crippen LogP contribution in [0.2, 0.25) is 0 Å². The zero-order valence-corrected chi connectivity index (χ0v) is 13.9. The number of allylic oxidation sites excluding steroid dienone is 1. The van der Waals surface area contributed by atoms with Crippen molar-refractivity contribution in [3.63, 3.8) is 0 Å². The molecule has 1 aliphatic carbocycles. The van der Waals surface area contributed by atoms with Crippen molar-refractivity contribution in [2.75, 3.05) is 19.6 Å². The molecule has 0 amide bonds. The van der Waals surface area contributed by atoms with Crippen LogP contribution in [0, 0.1) is 23.7 Å². The van der Waals surface area contributed by atoms with Gasteiger partial charge in [-0.3, -0.25) is 0 Å². The van der Waals surface area contributed by atoms with Crippen molar-refractivity contribution < 1.29 is 0 Å². The molecular weight excluding hydrogens is 230 g/mol. The van der Waals surface area contributed by atoms with Crippen LogP contribution in [0.1, 0.15) is 60.3 Å². The van der Waals surface area contributed by atoms with Crippen LogP contribution in [0.5, 0.6) is 0 Å². The Morgan fingerprint density at radius 3 is 2.37 bits per heavy atom. The van der Waals surface area contributed by atoms with E-state index >= 15 is 0 Å². The van der Waals surface area contributed by atoms with E-state index in [1.807, 2.05) is 0 Å². The summed E-state index contributed by atoms with van der Waals surface area (Å²) in [6, 6.07) is 0. The first-order chi connectivity index (χ1) is 8.86. The van der Waals surface area contributed by atoms with Gasteiger partial charge in [0.15, 0.2) is 0 Å². The molecule has 19 heavy (non-hydrogen) atoms. The van der Waals surface area contributed by atoms with Gasteiger partial charge < -0.3 is 4.90 Å². The van der Waals surface area contributed by atoms with Gasteiger partial charge in [-0.2, -0.15) is 0 Å². The molecule has 1 aliphatic rings. The van der Waals surface area contributed by atoms with Gasteiger partial charge in [0.1, 0.15) is 0 Å². The number of nitrogens with zero attached hydrogens (tertiary/aromatic N) is 1. The Bertz CT molecular complexity index is 269. The third-order valence-electron chi connectivity index (χ3n) is 4.21. The zero-order chi connectivity index (χ0) is 14.4. The lowest BCUT2D eigenvalue weighted by atomic mass is 10.00. The van der Waals surface area contributed by atoms with E-state index in [2.05, 4.69) is 46.1 Å². The molecule has 0 aromatic carbocycles. The van der Waals surface area contributed by atoms with Crippen molar-refractivity contribution in [3.8, 4) is 0 Å². The van der Waals surface area contributed by atoms with E-state index in [4.69, 9.17) is 0 Å². The quantitative estimate of drug-likeness (QED) is 0.559. The van der Waals surface area contributed by atoms with E-state index in [-0.39, 0.29) is 0 Å². The third kappa shape index (κ3) is 7.15. The monoisotopic (exact) mass is 265 g/mol. The summed E-state index contributed by atoms with van der Waals surface area (Å²) in [5.74, 6) is 3.43. The fraction of sp³-hybridized carbons (Fsp3) is 0.889. The first kappa shape index (κ1) is 16.8. The van der Waals surface area contributed by atoms with Crippen molar-refractivity contribution in [1.82, 2.24) is 4.90 Å². The molecule has 0 N–H and O–H groups in total. The Kier molecular flexibility index (Phi) is 7.13. The summed E-state index contributed by atoms with van der Waals surface area (Å²) in [4.78, 5) is 2.72. The molecule has 0 spiro atoms. The van der Waals surface area contributed by atoms with Gasteiger partial charge in [0, 0.05) is 19.6 Å². The molecule has 112 valence electrons. The molecule has 0 radical (unpaired) electrons. The molecule has 0 saturated heterocycles. The molecule has 0 aromatic heterocycles. The minimum Gasteiger partial charge on any atom is -0.303 e. The zero-order valence-electron chi connectivity index (χ0n) is 13.9. The standard InChI is InChI=1S/C18H35N/c1-14(2)9-17(6)12-19(11-15(3)4)13-18-8-7-16(5)10-18/h15-18H,1,7-13H2,2-6H3. The van der Waals surface area contributed by atoms with E-state index in [1.165, 1.54) is 50.9 Å². The highest BCUT2D eigenvalue weighted by Crippen LogP contribution is 2.31. The Labute approximate surface area is 121 Å². The van der Waals surface area contributed by atoms with Crippen molar-refractivity contribution in [2.24, 2.45) is 23.7 Å². The average molecular weight is 265 g/mol. The molecule has 1 nitrogen and oxygen atoms in total. The predicted molar refractivity (Wildman–Crippen MR) is 86.4 cm³/mol. The largest absolute Gasteiger partial charge is 0.303 e. The van der Waals surface area contributed by atoms with Gasteiger partial charge in [0.2, 0.25) is 0 Å². The van der Waals surface area contributed by atoms with E-state index in [0.717, 1.165) is 23.7 Å². The van der Waals surface area contributed by atoms with E-state index < -0.39 is 0 Å². The highest BCUT2D eigenvalue weighted by molar-refractivity contribution is 4.90. The van der Waals surface area contributed by atoms with Crippen molar-refractivity contribution in [1.29, 1.82) is 0 Å². The fourth-order valence-electron chi connectivity index (χ4n) is 3.70. The summed E-state index contributed by atoms with van der Waals surface area (Å²) in [5, 5.41) is 0. The summed E-state index contributed by atoms with van der Waals surface area (Å²) in [6.07, 6.45) is 5.52. The van der Waals surface area contributed by atoms with Crippen LogP contribution in [0.25, 0.3) is 0 Å². The molecule has 1 heteroatoms. The molecule has 0 heterocycles. The molecule has 0 bridgehead atoms. The van der Waals surface area contributed by atoms with Gasteiger partial charge in [-0.1, -0.05) is 39.7 Å². The second-order valence-electron chi connectivity index (χ2n) is 7.66. The molecular formula is C18H35N. The number of hydrogen-bond donors (Lipinski definition) is 0. The lowest BCUT2D eigenvalue weighted by molar-refractivity contribution is 0.182. The van der Waals surface area contributed by atoms with Gasteiger partial charge in [-0.05, 0) is 49.9 Å².